The van der Waals surface area contributed by atoms with Gasteiger partial charge in [-0.15, -0.1) is 22.7 Å². The Morgan fingerprint density at radius 1 is 0.708 bits per heavy atom. The van der Waals surface area contributed by atoms with Gasteiger partial charge >= 0.3 is 0 Å². The number of hydrogen-bond donors (Lipinski definition) is 0. The first-order valence-electron chi connectivity index (χ1n) is 9.74. The molecule has 24 heavy (non-hydrogen) atoms. The van der Waals surface area contributed by atoms with Gasteiger partial charge in [0.05, 0.1) is 9.75 Å². The molecule has 0 amide bonds. The molecule has 0 unspecified atom stereocenters. The lowest BCUT2D eigenvalue weighted by molar-refractivity contribution is 0.626. The first-order valence-corrected chi connectivity index (χ1v) is 11.5. The molecule has 130 valence electrons. The van der Waals surface area contributed by atoms with Crippen molar-refractivity contribution in [2.75, 3.05) is 0 Å². The van der Waals surface area contributed by atoms with Crippen LogP contribution in [-0.4, -0.2) is 0 Å². The van der Waals surface area contributed by atoms with Crippen LogP contribution in [0, 0.1) is 0 Å². The fourth-order valence-electron chi connectivity index (χ4n) is 3.80. The van der Waals surface area contributed by atoms with Gasteiger partial charge in [0, 0.05) is 11.1 Å². The van der Waals surface area contributed by atoms with Gasteiger partial charge in [0.1, 0.15) is 0 Å². The Morgan fingerprint density at radius 3 is 1.67 bits per heavy atom. The van der Waals surface area contributed by atoms with Crippen LogP contribution in [0.4, 0.5) is 0 Å². The average molecular weight is 359 g/mol. The lowest BCUT2D eigenvalue weighted by Gasteiger charge is -2.13. The largest absolute Gasteiger partial charge is 0.142 e. The predicted molar refractivity (Wildman–Crippen MR) is 111 cm³/mol. The quantitative estimate of drug-likeness (QED) is 0.318. The number of hydrogen-bond acceptors (Lipinski definition) is 2. The Balaban J connectivity index is 1.84. The van der Waals surface area contributed by atoms with Gasteiger partial charge in [-0.3, -0.25) is 0 Å². The summed E-state index contributed by atoms with van der Waals surface area (Å²) < 4.78 is 0. The monoisotopic (exact) mass is 358 g/mol. The summed E-state index contributed by atoms with van der Waals surface area (Å²) in [7, 11) is 0. The highest BCUT2D eigenvalue weighted by Crippen LogP contribution is 2.52. The second kappa shape index (κ2) is 9.01. The highest BCUT2D eigenvalue weighted by molar-refractivity contribution is 7.21. The number of rotatable bonds is 10. The molecular formula is C22H30S2. The number of unbranched alkanes of at least 4 members (excludes halogenated alkanes) is 6. The second-order valence-corrected chi connectivity index (χ2v) is 8.76. The second-order valence-electron chi connectivity index (χ2n) is 6.93. The van der Waals surface area contributed by atoms with Gasteiger partial charge in [0.2, 0.25) is 0 Å². The molecule has 0 bridgehead atoms. The molecule has 2 heteroatoms. The molecule has 3 rings (SSSR count). The molecule has 1 aliphatic carbocycles. The van der Waals surface area contributed by atoms with Crippen molar-refractivity contribution >= 4 is 28.2 Å². The Hall–Kier alpha value is -0.860. The normalized spacial score (nSPS) is 12.5. The molecule has 0 fully saturated rings. The first kappa shape index (κ1) is 17.9. The Bertz CT molecular complexity index is 615. The molecular weight excluding hydrogens is 328 g/mol. The average Bonchev–Trinajstić information content (AvgIpc) is 3.27. The predicted octanol–water partition coefficient (Wildman–Crippen LogP) is 8.53. The third-order valence-corrected chi connectivity index (χ3v) is 7.09. The van der Waals surface area contributed by atoms with E-state index in [1.807, 2.05) is 22.7 Å². The van der Waals surface area contributed by atoms with E-state index in [2.05, 4.69) is 36.7 Å². The van der Waals surface area contributed by atoms with Gasteiger partial charge in [-0.2, -0.15) is 0 Å². The van der Waals surface area contributed by atoms with E-state index >= 15 is 0 Å². The minimum absolute atomic E-state index is 1.30. The minimum Gasteiger partial charge on any atom is -0.142 e. The van der Waals surface area contributed by atoms with Crippen LogP contribution in [-0.2, 0) is 0 Å². The van der Waals surface area contributed by atoms with Gasteiger partial charge in [0.15, 0.2) is 0 Å². The summed E-state index contributed by atoms with van der Waals surface area (Å²) in [6, 6.07) is 4.72. The zero-order chi connectivity index (χ0) is 16.8. The van der Waals surface area contributed by atoms with Crippen LogP contribution >= 0.6 is 22.7 Å². The molecule has 0 saturated carbocycles. The molecule has 0 aliphatic heterocycles. The van der Waals surface area contributed by atoms with Crippen LogP contribution < -0.4 is 0 Å². The molecule has 2 aromatic rings. The van der Waals surface area contributed by atoms with Crippen LogP contribution in [0.2, 0.25) is 0 Å². The van der Waals surface area contributed by atoms with Crippen LogP contribution in [0.15, 0.2) is 28.5 Å². The Morgan fingerprint density at radius 2 is 1.21 bits per heavy atom. The summed E-state index contributed by atoms with van der Waals surface area (Å²) in [5.41, 5.74) is 6.40. The van der Waals surface area contributed by atoms with Crippen LogP contribution in [0.3, 0.4) is 0 Å². The van der Waals surface area contributed by atoms with Gasteiger partial charge in [-0.05, 0) is 54.1 Å². The van der Waals surface area contributed by atoms with E-state index in [0.717, 1.165) is 0 Å². The van der Waals surface area contributed by atoms with Crippen molar-refractivity contribution in [3.05, 3.63) is 39.6 Å². The standard InChI is InChI=1S/C22H30S2/c1-3-5-7-9-11-17(12-10-8-6-4-2)20-18-13-15-23-21(18)22-19(20)14-16-24-22/h13-16H,3-12H2,1-2H3. The fourth-order valence-corrected chi connectivity index (χ4v) is 5.79. The van der Waals surface area contributed by atoms with Crippen LogP contribution in [0.5, 0.6) is 0 Å². The summed E-state index contributed by atoms with van der Waals surface area (Å²) >= 11 is 3.84. The van der Waals surface area contributed by atoms with Crippen LogP contribution in [0.1, 0.15) is 89.2 Å². The third-order valence-electron chi connectivity index (χ3n) is 5.09. The first-order chi connectivity index (χ1) is 11.9. The Labute approximate surface area is 155 Å². The highest BCUT2D eigenvalue weighted by atomic mass is 32.1. The lowest BCUT2D eigenvalue weighted by atomic mass is 9.91. The summed E-state index contributed by atoms with van der Waals surface area (Å²) in [5.74, 6) is 0. The van der Waals surface area contributed by atoms with Gasteiger partial charge in [0.25, 0.3) is 0 Å². The smallest absolute Gasteiger partial charge is 0.0527 e. The van der Waals surface area contributed by atoms with Crippen molar-refractivity contribution in [3.63, 3.8) is 0 Å². The SMILES string of the molecule is CCCCCCC(CCCCCC)=C1c2ccsc2-c2sccc21. The lowest BCUT2D eigenvalue weighted by Crippen LogP contribution is -1.93. The van der Waals surface area contributed by atoms with E-state index in [1.165, 1.54) is 85.1 Å². The molecule has 1 aliphatic rings. The zero-order valence-electron chi connectivity index (χ0n) is 15.2. The highest BCUT2D eigenvalue weighted by Gasteiger charge is 2.27. The van der Waals surface area contributed by atoms with E-state index < -0.39 is 0 Å². The van der Waals surface area contributed by atoms with E-state index in [4.69, 9.17) is 0 Å². The number of thiophene rings is 2. The van der Waals surface area contributed by atoms with Crippen LogP contribution in [0.25, 0.3) is 15.3 Å². The number of fused-ring (bicyclic) bond motifs is 3. The van der Waals surface area contributed by atoms with Gasteiger partial charge < -0.3 is 0 Å². The topological polar surface area (TPSA) is 0 Å². The van der Waals surface area contributed by atoms with E-state index in [1.54, 1.807) is 11.1 Å². The maximum atomic E-state index is 2.36. The molecule has 0 nitrogen and oxygen atoms in total. The molecule has 0 N–H and O–H groups in total. The van der Waals surface area contributed by atoms with E-state index in [9.17, 15) is 0 Å². The maximum absolute atomic E-state index is 2.36. The molecule has 0 saturated heterocycles. The summed E-state index contributed by atoms with van der Waals surface area (Å²) in [4.78, 5) is 3.05. The van der Waals surface area contributed by atoms with Gasteiger partial charge in [-0.25, -0.2) is 0 Å². The summed E-state index contributed by atoms with van der Waals surface area (Å²) in [6.45, 7) is 4.60. The maximum Gasteiger partial charge on any atom is 0.0527 e. The minimum atomic E-state index is 1.30. The van der Waals surface area contributed by atoms with Crippen molar-refractivity contribution in [1.29, 1.82) is 0 Å². The van der Waals surface area contributed by atoms with Crippen molar-refractivity contribution in [2.24, 2.45) is 0 Å². The van der Waals surface area contributed by atoms with Crippen molar-refractivity contribution in [1.82, 2.24) is 0 Å². The molecule has 0 radical (unpaired) electrons. The zero-order valence-corrected chi connectivity index (χ0v) is 16.8. The fraction of sp³-hybridized carbons (Fsp3) is 0.545. The van der Waals surface area contributed by atoms with Crippen molar-refractivity contribution < 1.29 is 0 Å². The molecule has 0 atom stereocenters. The summed E-state index contributed by atoms with van der Waals surface area (Å²) in [6.07, 6.45) is 13.5. The number of allylic oxidation sites excluding steroid dienone is 1. The third kappa shape index (κ3) is 3.86. The van der Waals surface area contributed by atoms with Crippen molar-refractivity contribution in [2.45, 2.75) is 78.1 Å². The molecule has 2 heterocycles. The van der Waals surface area contributed by atoms with E-state index in [0.29, 0.717) is 0 Å². The van der Waals surface area contributed by atoms with Crippen molar-refractivity contribution in [3.8, 4) is 9.75 Å². The van der Waals surface area contributed by atoms with Gasteiger partial charge in [-0.1, -0.05) is 57.9 Å². The Kier molecular flexibility index (Phi) is 6.74. The molecule has 2 aromatic heterocycles. The summed E-state index contributed by atoms with van der Waals surface area (Å²) in [5, 5.41) is 4.55. The molecule has 0 aromatic carbocycles. The molecule has 0 spiro atoms. The van der Waals surface area contributed by atoms with E-state index in [-0.39, 0.29) is 0 Å².